The van der Waals surface area contributed by atoms with Crippen LogP contribution in [0.3, 0.4) is 0 Å². The Morgan fingerprint density at radius 3 is 2.36 bits per heavy atom. The van der Waals surface area contributed by atoms with E-state index in [1.807, 2.05) is 23.1 Å². The SMILES string of the molecule is O=C(CN1c2cccc3cccc(c23)S1(=O)=O)N1CCN(C2CCCC2)CC1. The van der Waals surface area contributed by atoms with Crippen LogP contribution in [0.5, 0.6) is 0 Å². The number of amides is 1. The van der Waals surface area contributed by atoms with E-state index in [-0.39, 0.29) is 12.5 Å². The predicted molar refractivity (Wildman–Crippen MR) is 109 cm³/mol. The fourth-order valence-electron chi connectivity index (χ4n) is 4.96. The molecule has 2 aromatic rings. The molecule has 2 heterocycles. The molecular formula is C21H25N3O3S. The number of benzene rings is 2. The third-order valence-corrected chi connectivity index (χ3v) is 8.27. The van der Waals surface area contributed by atoms with Crippen LogP contribution in [-0.2, 0) is 14.8 Å². The molecule has 6 nitrogen and oxygen atoms in total. The van der Waals surface area contributed by atoms with Crippen LogP contribution in [0.1, 0.15) is 25.7 Å². The van der Waals surface area contributed by atoms with Gasteiger partial charge in [-0.25, -0.2) is 8.42 Å². The topological polar surface area (TPSA) is 60.9 Å². The summed E-state index contributed by atoms with van der Waals surface area (Å²) < 4.78 is 27.4. The lowest BCUT2D eigenvalue weighted by Crippen LogP contribution is -2.53. The molecule has 2 fully saturated rings. The highest BCUT2D eigenvalue weighted by atomic mass is 32.2. The van der Waals surface area contributed by atoms with E-state index in [2.05, 4.69) is 4.90 Å². The van der Waals surface area contributed by atoms with Crippen molar-refractivity contribution in [3.63, 3.8) is 0 Å². The molecule has 28 heavy (non-hydrogen) atoms. The van der Waals surface area contributed by atoms with Crippen LogP contribution < -0.4 is 4.31 Å². The monoisotopic (exact) mass is 399 g/mol. The molecule has 5 rings (SSSR count). The molecule has 2 aliphatic heterocycles. The van der Waals surface area contributed by atoms with Gasteiger partial charge in [-0.3, -0.25) is 14.0 Å². The number of hydrogen-bond acceptors (Lipinski definition) is 4. The second kappa shape index (κ2) is 6.74. The van der Waals surface area contributed by atoms with E-state index in [1.165, 1.54) is 30.0 Å². The standard InChI is InChI=1S/C21H25N3O3S/c25-20(23-13-11-22(12-14-23)17-7-1-2-8-17)15-24-18-9-3-5-16-6-4-10-19(21(16)18)28(24,26)27/h3-6,9-10,17H,1-2,7-8,11-15H2. The van der Waals surface area contributed by atoms with Gasteiger partial charge in [0, 0.05) is 37.6 Å². The molecule has 0 N–H and O–H groups in total. The number of carbonyl (C=O) groups is 1. The molecule has 0 atom stereocenters. The first-order valence-electron chi connectivity index (χ1n) is 10.1. The number of hydrogen-bond donors (Lipinski definition) is 0. The van der Waals surface area contributed by atoms with Gasteiger partial charge in [-0.05, 0) is 30.4 Å². The molecule has 0 unspecified atom stereocenters. The first-order chi connectivity index (χ1) is 13.6. The van der Waals surface area contributed by atoms with E-state index in [4.69, 9.17) is 0 Å². The van der Waals surface area contributed by atoms with E-state index >= 15 is 0 Å². The summed E-state index contributed by atoms with van der Waals surface area (Å²) in [6.07, 6.45) is 5.15. The minimum Gasteiger partial charge on any atom is -0.339 e. The lowest BCUT2D eigenvalue weighted by molar-refractivity contribution is -0.131. The van der Waals surface area contributed by atoms with Crippen molar-refractivity contribution in [3.05, 3.63) is 36.4 Å². The average molecular weight is 400 g/mol. The van der Waals surface area contributed by atoms with E-state index in [9.17, 15) is 13.2 Å². The van der Waals surface area contributed by atoms with Crippen LogP contribution in [-0.4, -0.2) is 62.9 Å². The van der Waals surface area contributed by atoms with E-state index in [1.54, 1.807) is 18.2 Å². The second-order valence-electron chi connectivity index (χ2n) is 8.00. The van der Waals surface area contributed by atoms with Gasteiger partial charge in [0.25, 0.3) is 10.0 Å². The number of piperazine rings is 1. The van der Waals surface area contributed by atoms with Gasteiger partial charge in [-0.15, -0.1) is 0 Å². The first-order valence-corrected chi connectivity index (χ1v) is 11.6. The highest BCUT2D eigenvalue weighted by Crippen LogP contribution is 2.41. The van der Waals surface area contributed by atoms with Gasteiger partial charge in [0.15, 0.2) is 0 Å². The van der Waals surface area contributed by atoms with Gasteiger partial charge in [0.05, 0.1) is 10.6 Å². The Hall–Kier alpha value is -2.12. The van der Waals surface area contributed by atoms with Crippen LogP contribution in [0.25, 0.3) is 10.8 Å². The molecule has 148 valence electrons. The molecule has 1 aliphatic carbocycles. The molecule has 3 aliphatic rings. The molecule has 1 saturated heterocycles. The van der Waals surface area contributed by atoms with Gasteiger partial charge < -0.3 is 4.90 Å². The molecule has 0 radical (unpaired) electrons. The van der Waals surface area contributed by atoms with E-state index < -0.39 is 10.0 Å². The maximum atomic E-state index is 13.1. The van der Waals surface area contributed by atoms with Crippen molar-refractivity contribution in [1.82, 2.24) is 9.80 Å². The van der Waals surface area contributed by atoms with Crippen molar-refractivity contribution in [2.45, 2.75) is 36.6 Å². The van der Waals surface area contributed by atoms with Crippen molar-refractivity contribution < 1.29 is 13.2 Å². The third kappa shape index (κ3) is 2.79. The van der Waals surface area contributed by atoms with Gasteiger partial charge in [-0.2, -0.15) is 0 Å². The Bertz CT molecular complexity index is 1020. The lowest BCUT2D eigenvalue weighted by Gasteiger charge is -2.38. The summed E-state index contributed by atoms with van der Waals surface area (Å²) >= 11 is 0. The number of nitrogens with zero attached hydrogens (tertiary/aromatic N) is 3. The maximum Gasteiger partial charge on any atom is 0.265 e. The van der Waals surface area contributed by atoms with E-state index in [0.717, 1.165) is 23.9 Å². The van der Waals surface area contributed by atoms with Gasteiger partial charge in [-0.1, -0.05) is 37.1 Å². The van der Waals surface area contributed by atoms with Crippen molar-refractivity contribution in [3.8, 4) is 0 Å². The van der Waals surface area contributed by atoms with Crippen molar-refractivity contribution in [2.75, 3.05) is 37.0 Å². The molecule has 2 aromatic carbocycles. The molecule has 0 bridgehead atoms. The molecule has 1 amide bonds. The molecule has 1 saturated carbocycles. The van der Waals surface area contributed by atoms with Crippen LogP contribution in [0.2, 0.25) is 0 Å². The molecule has 0 spiro atoms. The van der Waals surface area contributed by atoms with Crippen molar-refractivity contribution >= 4 is 32.4 Å². The smallest absolute Gasteiger partial charge is 0.265 e. The number of anilines is 1. The molecule has 0 aromatic heterocycles. The summed E-state index contributed by atoms with van der Waals surface area (Å²) in [5.74, 6) is -0.112. The minimum atomic E-state index is -3.68. The lowest BCUT2D eigenvalue weighted by atomic mass is 10.1. The summed E-state index contributed by atoms with van der Waals surface area (Å²) in [6, 6.07) is 11.5. The largest absolute Gasteiger partial charge is 0.339 e. The Morgan fingerprint density at radius 1 is 0.964 bits per heavy atom. The number of sulfonamides is 1. The van der Waals surface area contributed by atoms with Crippen LogP contribution in [0.15, 0.2) is 41.3 Å². The quantitative estimate of drug-likeness (QED) is 0.795. The predicted octanol–water partition coefficient (Wildman–Crippen LogP) is 2.44. The summed E-state index contributed by atoms with van der Waals surface area (Å²) in [6.45, 7) is 3.01. The Labute approximate surface area is 165 Å². The van der Waals surface area contributed by atoms with Gasteiger partial charge in [0.1, 0.15) is 6.54 Å². The van der Waals surface area contributed by atoms with Crippen LogP contribution >= 0.6 is 0 Å². The average Bonchev–Trinajstić information content (AvgIpc) is 3.32. The van der Waals surface area contributed by atoms with E-state index in [0.29, 0.717) is 29.7 Å². The minimum absolute atomic E-state index is 0.112. The van der Waals surface area contributed by atoms with Gasteiger partial charge in [0.2, 0.25) is 5.91 Å². The van der Waals surface area contributed by atoms with Crippen molar-refractivity contribution in [2.24, 2.45) is 0 Å². The zero-order valence-electron chi connectivity index (χ0n) is 15.9. The fraction of sp³-hybridized carbons (Fsp3) is 0.476. The zero-order chi connectivity index (χ0) is 19.3. The summed E-state index contributed by atoms with van der Waals surface area (Å²) in [5.41, 5.74) is 0.617. The van der Waals surface area contributed by atoms with Gasteiger partial charge >= 0.3 is 0 Å². The number of rotatable bonds is 3. The fourth-order valence-corrected chi connectivity index (χ4v) is 6.62. The summed E-state index contributed by atoms with van der Waals surface area (Å²) in [7, 11) is -3.68. The normalized spacial score (nSPS) is 22.3. The first kappa shape index (κ1) is 17.9. The third-order valence-electron chi connectivity index (χ3n) is 6.47. The Balaban J connectivity index is 1.33. The Morgan fingerprint density at radius 2 is 1.64 bits per heavy atom. The summed E-state index contributed by atoms with van der Waals surface area (Å²) in [4.78, 5) is 17.6. The second-order valence-corrected chi connectivity index (χ2v) is 9.83. The molecule has 7 heteroatoms. The zero-order valence-corrected chi connectivity index (χ0v) is 16.7. The highest BCUT2D eigenvalue weighted by molar-refractivity contribution is 7.93. The van der Waals surface area contributed by atoms with Crippen LogP contribution in [0.4, 0.5) is 5.69 Å². The maximum absolute atomic E-state index is 13.1. The molecular weight excluding hydrogens is 374 g/mol. The Kier molecular flexibility index (Phi) is 4.32. The number of carbonyl (C=O) groups excluding carboxylic acids is 1. The summed E-state index contributed by atoms with van der Waals surface area (Å²) in [5, 5.41) is 1.61. The van der Waals surface area contributed by atoms with Crippen molar-refractivity contribution in [1.29, 1.82) is 0 Å². The van der Waals surface area contributed by atoms with Crippen LogP contribution in [0, 0.1) is 0 Å². The highest BCUT2D eigenvalue weighted by Gasteiger charge is 2.38.